The number of hydrogen-bond donors (Lipinski definition) is 0. The summed E-state index contributed by atoms with van der Waals surface area (Å²) in [6, 6.07) is 47.7. The standard InChI is InChI=1S/C29H23NSi/c1-5-14-24(15-6-1)28-22-13-23-30-29(28)31(25-16-7-2-8-17-25,26-18-9-3-10-19-26)27-20-11-4-12-21-27/h1-23H. The highest BCUT2D eigenvalue weighted by Gasteiger charge is 2.44. The quantitative estimate of drug-likeness (QED) is 0.312. The lowest BCUT2D eigenvalue weighted by Crippen LogP contribution is -2.75. The largest absolute Gasteiger partial charge is 0.264 e. The first-order valence-corrected chi connectivity index (χ1v) is 12.6. The molecule has 0 aliphatic heterocycles. The molecular formula is C29H23NSi. The molecule has 0 spiro atoms. The molecule has 4 aromatic carbocycles. The molecule has 0 amide bonds. The molecule has 0 bridgehead atoms. The van der Waals surface area contributed by atoms with Crippen LogP contribution in [0.4, 0.5) is 0 Å². The van der Waals surface area contributed by atoms with E-state index in [4.69, 9.17) is 4.98 Å². The maximum absolute atomic E-state index is 5.12. The van der Waals surface area contributed by atoms with Crippen LogP contribution in [0.15, 0.2) is 140 Å². The zero-order chi connectivity index (χ0) is 20.9. The molecule has 0 fully saturated rings. The molecule has 0 saturated heterocycles. The third-order valence-electron chi connectivity index (χ3n) is 5.87. The molecule has 0 aliphatic rings. The van der Waals surface area contributed by atoms with E-state index in [-0.39, 0.29) is 0 Å². The number of rotatable bonds is 5. The van der Waals surface area contributed by atoms with Gasteiger partial charge in [0.25, 0.3) is 0 Å². The van der Waals surface area contributed by atoms with Gasteiger partial charge in [-0.3, -0.25) is 4.98 Å². The Labute approximate surface area is 184 Å². The van der Waals surface area contributed by atoms with Gasteiger partial charge in [0.1, 0.15) is 0 Å². The van der Waals surface area contributed by atoms with Crippen LogP contribution in [0.25, 0.3) is 11.1 Å². The average molecular weight is 414 g/mol. The number of pyridine rings is 1. The van der Waals surface area contributed by atoms with E-state index in [1.165, 1.54) is 32.0 Å². The molecule has 0 saturated carbocycles. The zero-order valence-corrected chi connectivity index (χ0v) is 18.2. The van der Waals surface area contributed by atoms with Gasteiger partial charge >= 0.3 is 0 Å². The fourth-order valence-electron chi connectivity index (χ4n) is 4.53. The van der Waals surface area contributed by atoms with E-state index in [1.807, 2.05) is 12.3 Å². The molecule has 2 heteroatoms. The first-order chi connectivity index (χ1) is 15.4. The molecule has 5 aromatic rings. The van der Waals surface area contributed by atoms with Crippen molar-refractivity contribution in [3.63, 3.8) is 0 Å². The van der Waals surface area contributed by atoms with Crippen LogP contribution in [0.1, 0.15) is 0 Å². The second-order valence-corrected chi connectivity index (χ2v) is 11.3. The minimum Gasteiger partial charge on any atom is -0.264 e. The molecule has 0 aliphatic carbocycles. The molecule has 0 radical (unpaired) electrons. The van der Waals surface area contributed by atoms with Crippen LogP contribution in [-0.4, -0.2) is 13.1 Å². The Kier molecular flexibility index (Phi) is 5.30. The SMILES string of the molecule is c1ccc(-c2cccnc2[Si](c2ccccc2)(c2ccccc2)c2ccccc2)cc1. The molecule has 5 rings (SSSR count). The van der Waals surface area contributed by atoms with E-state index in [1.54, 1.807) is 0 Å². The molecule has 1 heterocycles. The summed E-state index contributed by atoms with van der Waals surface area (Å²) >= 11 is 0. The number of benzene rings is 4. The predicted octanol–water partition coefficient (Wildman–Crippen LogP) is 4.13. The first kappa shape index (κ1) is 19.2. The Morgan fingerprint density at radius 2 is 0.839 bits per heavy atom. The second kappa shape index (κ2) is 8.55. The Morgan fingerprint density at radius 3 is 1.29 bits per heavy atom. The van der Waals surface area contributed by atoms with Gasteiger partial charge in [-0.1, -0.05) is 127 Å². The van der Waals surface area contributed by atoms with Crippen molar-refractivity contribution in [1.29, 1.82) is 0 Å². The summed E-state index contributed by atoms with van der Waals surface area (Å²) in [5, 5.41) is 5.18. The van der Waals surface area contributed by atoms with E-state index < -0.39 is 8.07 Å². The molecule has 1 nitrogen and oxygen atoms in total. The van der Waals surface area contributed by atoms with Crippen LogP contribution in [0.5, 0.6) is 0 Å². The van der Waals surface area contributed by atoms with Gasteiger partial charge < -0.3 is 0 Å². The van der Waals surface area contributed by atoms with Crippen molar-refractivity contribution >= 4 is 29.0 Å². The normalized spacial score (nSPS) is 11.2. The first-order valence-electron chi connectivity index (χ1n) is 10.6. The third-order valence-corrected chi connectivity index (χ3v) is 10.6. The minimum absolute atomic E-state index is 1.17. The lowest BCUT2D eigenvalue weighted by Gasteiger charge is -2.34. The summed E-state index contributed by atoms with van der Waals surface area (Å²) in [6.07, 6.45) is 1.94. The van der Waals surface area contributed by atoms with Crippen molar-refractivity contribution < 1.29 is 0 Å². The van der Waals surface area contributed by atoms with Gasteiger partial charge in [-0.15, -0.1) is 0 Å². The lowest BCUT2D eigenvalue weighted by atomic mass is 10.1. The number of hydrogen-bond acceptors (Lipinski definition) is 1. The Hall–Kier alpha value is -3.75. The molecule has 148 valence electrons. The summed E-state index contributed by atoms with van der Waals surface area (Å²) in [5.74, 6) is 0. The van der Waals surface area contributed by atoms with E-state index in [0.717, 1.165) is 0 Å². The summed E-state index contributed by atoms with van der Waals surface area (Å²) in [5.41, 5.74) is 2.40. The van der Waals surface area contributed by atoms with Crippen LogP contribution in [-0.2, 0) is 0 Å². The van der Waals surface area contributed by atoms with Crippen molar-refractivity contribution in [2.75, 3.05) is 0 Å². The van der Waals surface area contributed by atoms with Crippen LogP contribution in [0.3, 0.4) is 0 Å². The topological polar surface area (TPSA) is 12.9 Å². The summed E-state index contributed by atoms with van der Waals surface area (Å²) < 4.78 is 0. The van der Waals surface area contributed by atoms with Crippen molar-refractivity contribution in [3.05, 3.63) is 140 Å². The number of nitrogens with zero attached hydrogens (tertiary/aromatic N) is 1. The maximum atomic E-state index is 5.12. The lowest BCUT2D eigenvalue weighted by molar-refractivity contribution is 1.37. The molecule has 0 atom stereocenters. The summed E-state index contributed by atoms with van der Waals surface area (Å²) in [4.78, 5) is 5.12. The van der Waals surface area contributed by atoms with Crippen molar-refractivity contribution in [1.82, 2.24) is 4.98 Å². The van der Waals surface area contributed by atoms with Crippen LogP contribution in [0.2, 0.25) is 0 Å². The summed E-state index contributed by atoms with van der Waals surface area (Å²) in [6.45, 7) is 0. The third kappa shape index (κ3) is 3.41. The molecule has 0 N–H and O–H groups in total. The highest BCUT2D eigenvalue weighted by atomic mass is 28.3. The van der Waals surface area contributed by atoms with E-state index in [2.05, 4.69) is 127 Å². The fraction of sp³-hybridized carbons (Fsp3) is 0. The van der Waals surface area contributed by atoms with Crippen LogP contribution < -0.4 is 20.9 Å². The van der Waals surface area contributed by atoms with Crippen LogP contribution in [0, 0.1) is 0 Å². The molecule has 1 aromatic heterocycles. The van der Waals surface area contributed by atoms with Gasteiger partial charge in [-0.25, -0.2) is 0 Å². The second-order valence-electron chi connectivity index (χ2n) is 7.61. The van der Waals surface area contributed by atoms with Gasteiger partial charge in [0.2, 0.25) is 8.07 Å². The van der Waals surface area contributed by atoms with Crippen molar-refractivity contribution in [2.24, 2.45) is 0 Å². The Balaban J connectivity index is 1.94. The van der Waals surface area contributed by atoms with Gasteiger partial charge in [-0.05, 0) is 32.8 Å². The van der Waals surface area contributed by atoms with Crippen LogP contribution >= 0.6 is 0 Å². The number of aromatic nitrogens is 1. The summed E-state index contributed by atoms with van der Waals surface area (Å²) in [7, 11) is -2.64. The van der Waals surface area contributed by atoms with Crippen molar-refractivity contribution in [2.45, 2.75) is 0 Å². The van der Waals surface area contributed by atoms with Gasteiger partial charge in [0.15, 0.2) is 0 Å². The average Bonchev–Trinajstić information content (AvgIpc) is 2.87. The maximum Gasteiger partial charge on any atom is 0.202 e. The van der Waals surface area contributed by atoms with Gasteiger partial charge in [-0.2, -0.15) is 0 Å². The highest BCUT2D eigenvalue weighted by molar-refractivity contribution is 7.20. The monoisotopic (exact) mass is 413 g/mol. The molecule has 31 heavy (non-hydrogen) atoms. The predicted molar refractivity (Wildman–Crippen MR) is 133 cm³/mol. The molecular weight excluding hydrogens is 390 g/mol. The van der Waals surface area contributed by atoms with Gasteiger partial charge in [0, 0.05) is 11.5 Å². The molecule has 0 unspecified atom stereocenters. The van der Waals surface area contributed by atoms with E-state index in [9.17, 15) is 0 Å². The highest BCUT2D eigenvalue weighted by Crippen LogP contribution is 2.20. The van der Waals surface area contributed by atoms with E-state index in [0.29, 0.717) is 0 Å². The Morgan fingerprint density at radius 1 is 0.419 bits per heavy atom. The van der Waals surface area contributed by atoms with Crippen molar-refractivity contribution in [3.8, 4) is 11.1 Å². The van der Waals surface area contributed by atoms with Gasteiger partial charge in [0.05, 0.1) is 0 Å². The minimum atomic E-state index is -2.64. The Bertz CT molecular complexity index is 1160. The van der Waals surface area contributed by atoms with E-state index >= 15 is 0 Å². The zero-order valence-electron chi connectivity index (χ0n) is 17.2. The smallest absolute Gasteiger partial charge is 0.202 e. The fourth-order valence-corrected chi connectivity index (χ4v) is 9.33.